The summed E-state index contributed by atoms with van der Waals surface area (Å²) in [6.45, 7) is 10.1. The van der Waals surface area contributed by atoms with Crippen LogP contribution < -0.4 is 5.32 Å². The van der Waals surface area contributed by atoms with E-state index in [4.69, 9.17) is 9.72 Å². The molecule has 4 rings (SSSR count). The molecule has 0 saturated carbocycles. The van der Waals surface area contributed by atoms with Crippen LogP contribution in [0.2, 0.25) is 0 Å². The summed E-state index contributed by atoms with van der Waals surface area (Å²) in [4.78, 5) is 19.5. The minimum atomic E-state index is -0.138. The van der Waals surface area contributed by atoms with Crippen LogP contribution in [-0.2, 0) is 35.6 Å². The molecule has 1 atom stereocenters. The normalized spacial score (nSPS) is 25.3. The number of aromatic nitrogens is 1. The summed E-state index contributed by atoms with van der Waals surface area (Å²) in [5, 5.41) is 3.29. The molecule has 5 nitrogen and oxygen atoms in total. The zero-order chi connectivity index (χ0) is 16.2. The van der Waals surface area contributed by atoms with E-state index in [0.717, 1.165) is 43.9 Å². The van der Waals surface area contributed by atoms with Gasteiger partial charge in [-0.3, -0.25) is 9.78 Å². The molecule has 0 radical (unpaired) electrons. The number of rotatable bonds is 1. The Balaban J connectivity index is 1.65. The first kappa shape index (κ1) is 15.1. The van der Waals surface area contributed by atoms with Gasteiger partial charge in [0, 0.05) is 30.8 Å². The quantitative estimate of drug-likeness (QED) is 0.857. The molecule has 0 bridgehead atoms. The fourth-order valence-corrected chi connectivity index (χ4v) is 4.09. The van der Waals surface area contributed by atoms with Crippen molar-refractivity contribution in [2.24, 2.45) is 5.92 Å². The summed E-state index contributed by atoms with van der Waals surface area (Å²) < 4.78 is 5.96. The maximum atomic E-state index is 12.7. The van der Waals surface area contributed by atoms with E-state index in [1.807, 2.05) is 4.90 Å². The minimum absolute atomic E-state index is 0.138. The maximum absolute atomic E-state index is 12.7. The van der Waals surface area contributed by atoms with E-state index in [2.05, 4.69) is 26.1 Å². The smallest absolute Gasteiger partial charge is 0.227 e. The third-order valence-electron chi connectivity index (χ3n) is 5.44. The van der Waals surface area contributed by atoms with Crippen LogP contribution in [0.3, 0.4) is 0 Å². The molecule has 1 amide bonds. The van der Waals surface area contributed by atoms with E-state index in [1.54, 1.807) is 0 Å². The topological polar surface area (TPSA) is 54.5 Å². The minimum Gasteiger partial charge on any atom is -0.370 e. The molecule has 1 saturated heterocycles. The summed E-state index contributed by atoms with van der Waals surface area (Å²) in [7, 11) is 0. The van der Waals surface area contributed by atoms with Crippen LogP contribution in [0.4, 0.5) is 0 Å². The van der Waals surface area contributed by atoms with Gasteiger partial charge >= 0.3 is 0 Å². The molecule has 5 heteroatoms. The van der Waals surface area contributed by atoms with Gasteiger partial charge in [-0.25, -0.2) is 0 Å². The zero-order valence-electron chi connectivity index (χ0n) is 14.2. The molecule has 3 aliphatic heterocycles. The number of carbonyl (C=O) groups is 1. The van der Waals surface area contributed by atoms with E-state index >= 15 is 0 Å². The molecule has 0 spiro atoms. The Morgan fingerprint density at radius 1 is 1.30 bits per heavy atom. The monoisotopic (exact) mass is 315 g/mol. The molecule has 1 N–H and O–H groups in total. The van der Waals surface area contributed by atoms with Gasteiger partial charge in [0.05, 0.1) is 30.4 Å². The van der Waals surface area contributed by atoms with Gasteiger partial charge in [0.2, 0.25) is 5.91 Å². The lowest BCUT2D eigenvalue weighted by molar-refractivity contribution is -0.135. The van der Waals surface area contributed by atoms with Crippen LogP contribution in [0.25, 0.3) is 0 Å². The van der Waals surface area contributed by atoms with Crippen molar-refractivity contribution in [1.29, 1.82) is 0 Å². The largest absolute Gasteiger partial charge is 0.370 e. The molecule has 4 heterocycles. The Labute approximate surface area is 137 Å². The fraction of sp³-hybridized carbons (Fsp3) is 0.667. The lowest BCUT2D eigenvalue weighted by Gasteiger charge is -2.33. The van der Waals surface area contributed by atoms with E-state index < -0.39 is 0 Å². The number of hydrogen-bond donors (Lipinski definition) is 1. The van der Waals surface area contributed by atoms with Crippen LogP contribution >= 0.6 is 0 Å². The standard InChI is InChI=1S/C18H25N3O2/c1-11-15-10-23-18(2,3)6-13(15)14-8-21(9-16(14)20-11)17(22)12-4-5-19-7-12/h12,19H,4-10H2,1-3H3/t12-/m1/s1. The van der Waals surface area contributed by atoms with Gasteiger partial charge in [-0.2, -0.15) is 0 Å². The second-order valence-corrected chi connectivity index (χ2v) is 7.69. The second kappa shape index (κ2) is 5.28. The Kier molecular flexibility index (Phi) is 3.46. The SMILES string of the molecule is Cc1nc2c(c3c1COC(C)(C)C3)CN(C(=O)[C@@H]1CCNC1)C2. The number of pyridine rings is 1. The van der Waals surface area contributed by atoms with Crippen LogP contribution in [0, 0.1) is 12.8 Å². The van der Waals surface area contributed by atoms with Crippen LogP contribution in [0.1, 0.15) is 48.3 Å². The van der Waals surface area contributed by atoms with Crippen LogP contribution in [0.5, 0.6) is 0 Å². The summed E-state index contributed by atoms with van der Waals surface area (Å²) >= 11 is 0. The van der Waals surface area contributed by atoms with E-state index in [9.17, 15) is 4.79 Å². The van der Waals surface area contributed by atoms with Gasteiger partial charge < -0.3 is 15.0 Å². The Morgan fingerprint density at radius 2 is 2.13 bits per heavy atom. The first-order chi connectivity index (χ1) is 10.9. The fourth-order valence-electron chi connectivity index (χ4n) is 4.09. The van der Waals surface area contributed by atoms with Crippen molar-refractivity contribution >= 4 is 5.91 Å². The van der Waals surface area contributed by atoms with Crippen molar-refractivity contribution in [2.75, 3.05) is 13.1 Å². The predicted molar refractivity (Wildman–Crippen MR) is 86.8 cm³/mol. The van der Waals surface area contributed by atoms with Gasteiger partial charge in [0.25, 0.3) is 0 Å². The zero-order valence-corrected chi connectivity index (χ0v) is 14.2. The summed E-state index contributed by atoms with van der Waals surface area (Å²) in [6.07, 6.45) is 1.86. The van der Waals surface area contributed by atoms with Crippen LogP contribution in [-0.4, -0.2) is 34.5 Å². The lowest BCUT2D eigenvalue weighted by atomic mass is 9.88. The van der Waals surface area contributed by atoms with Gasteiger partial charge in [0.15, 0.2) is 0 Å². The molecule has 3 aliphatic rings. The summed E-state index contributed by atoms with van der Waals surface area (Å²) in [5.74, 6) is 0.423. The van der Waals surface area contributed by atoms with Crippen molar-refractivity contribution in [1.82, 2.24) is 15.2 Å². The molecule has 23 heavy (non-hydrogen) atoms. The third-order valence-corrected chi connectivity index (χ3v) is 5.44. The van der Waals surface area contributed by atoms with Crippen molar-refractivity contribution in [3.05, 3.63) is 28.1 Å². The lowest BCUT2D eigenvalue weighted by Crippen LogP contribution is -2.34. The van der Waals surface area contributed by atoms with Gasteiger partial charge in [-0.1, -0.05) is 0 Å². The molecular weight excluding hydrogens is 290 g/mol. The number of ether oxygens (including phenoxy) is 1. The predicted octanol–water partition coefficient (Wildman–Crippen LogP) is 1.69. The van der Waals surface area contributed by atoms with E-state index in [1.165, 1.54) is 16.7 Å². The van der Waals surface area contributed by atoms with Crippen molar-refractivity contribution in [2.45, 2.75) is 58.9 Å². The van der Waals surface area contributed by atoms with Gasteiger partial charge in [0.1, 0.15) is 0 Å². The highest BCUT2D eigenvalue weighted by Crippen LogP contribution is 2.36. The number of nitrogens with zero attached hydrogens (tertiary/aromatic N) is 2. The number of fused-ring (bicyclic) bond motifs is 3. The second-order valence-electron chi connectivity index (χ2n) is 7.69. The number of carbonyl (C=O) groups excluding carboxylic acids is 1. The molecular formula is C18H25N3O2. The first-order valence-electron chi connectivity index (χ1n) is 8.58. The highest BCUT2D eigenvalue weighted by atomic mass is 16.5. The maximum Gasteiger partial charge on any atom is 0.227 e. The molecule has 0 unspecified atom stereocenters. The van der Waals surface area contributed by atoms with Crippen molar-refractivity contribution in [3.63, 3.8) is 0 Å². The van der Waals surface area contributed by atoms with Gasteiger partial charge in [-0.05, 0) is 44.9 Å². The van der Waals surface area contributed by atoms with Crippen molar-refractivity contribution < 1.29 is 9.53 Å². The number of nitrogens with one attached hydrogen (secondary N) is 1. The molecule has 0 aliphatic carbocycles. The van der Waals surface area contributed by atoms with Gasteiger partial charge in [-0.15, -0.1) is 0 Å². The summed E-state index contributed by atoms with van der Waals surface area (Å²) in [5.41, 5.74) is 5.91. The molecule has 1 aromatic heterocycles. The Hall–Kier alpha value is -1.46. The molecule has 1 aromatic rings. The summed E-state index contributed by atoms with van der Waals surface area (Å²) in [6, 6.07) is 0. The first-order valence-corrected chi connectivity index (χ1v) is 8.58. The number of amides is 1. The van der Waals surface area contributed by atoms with Crippen LogP contribution in [0.15, 0.2) is 0 Å². The average Bonchev–Trinajstić information content (AvgIpc) is 3.14. The average molecular weight is 315 g/mol. The van der Waals surface area contributed by atoms with E-state index in [0.29, 0.717) is 13.2 Å². The highest BCUT2D eigenvalue weighted by molar-refractivity contribution is 5.80. The van der Waals surface area contributed by atoms with E-state index in [-0.39, 0.29) is 17.4 Å². The molecule has 0 aromatic carbocycles. The Bertz CT molecular complexity index is 663. The van der Waals surface area contributed by atoms with Crippen molar-refractivity contribution in [3.8, 4) is 0 Å². The molecule has 1 fully saturated rings. The number of aryl methyl sites for hydroxylation is 1. The highest BCUT2D eigenvalue weighted by Gasteiger charge is 2.36. The molecule has 124 valence electrons. The Morgan fingerprint density at radius 3 is 2.87 bits per heavy atom. The third kappa shape index (κ3) is 2.56. The number of hydrogen-bond acceptors (Lipinski definition) is 4.